The number of nitrogens with zero attached hydrogens (tertiary/aromatic N) is 2. The molecule has 3 aromatic rings. The van der Waals surface area contributed by atoms with E-state index in [2.05, 4.69) is 5.32 Å². The first kappa shape index (κ1) is 31.4. The van der Waals surface area contributed by atoms with Crippen LogP contribution in [0.1, 0.15) is 50.7 Å². The molecule has 224 valence electrons. The van der Waals surface area contributed by atoms with Gasteiger partial charge >= 0.3 is 0 Å². The molecule has 0 aliphatic heterocycles. The number of hydrogen-bond donors (Lipinski definition) is 1. The smallest absolute Gasteiger partial charge is 0.264 e. The molecule has 1 aliphatic rings. The van der Waals surface area contributed by atoms with E-state index in [0.29, 0.717) is 17.4 Å². The maximum atomic E-state index is 14.2. The quantitative estimate of drug-likeness (QED) is 0.283. The summed E-state index contributed by atoms with van der Waals surface area (Å²) in [5, 5.41) is 3.62. The first-order valence-electron chi connectivity index (χ1n) is 14.3. The van der Waals surface area contributed by atoms with Crippen molar-refractivity contribution in [2.45, 2.75) is 70.0 Å². The molecule has 0 saturated heterocycles. The Balaban J connectivity index is 1.72. The van der Waals surface area contributed by atoms with Gasteiger partial charge in [-0.3, -0.25) is 13.9 Å². The molecule has 8 nitrogen and oxygen atoms in total. The van der Waals surface area contributed by atoms with Gasteiger partial charge in [0.15, 0.2) is 0 Å². The predicted molar refractivity (Wildman–Crippen MR) is 165 cm³/mol. The van der Waals surface area contributed by atoms with Crippen molar-refractivity contribution in [3.05, 3.63) is 88.9 Å². The molecule has 0 spiro atoms. The van der Waals surface area contributed by atoms with Crippen LogP contribution in [0.3, 0.4) is 0 Å². The van der Waals surface area contributed by atoms with Crippen molar-refractivity contribution in [3.63, 3.8) is 0 Å². The summed E-state index contributed by atoms with van der Waals surface area (Å²) in [5.74, 6) is -0.465. The number of carbonyl (C=O) groups excluding carboxylic acids is 2. The lowest BCUT2D eigenvalue weighted by Crippen LogP contribution is -2.52. The van der Waals surface area contributed by atoms with Gasteiger partial charge in [0, 0.05) is 17.6 Å². The lowest BCUT2D eigenvalue weighted by Gasteiger charge is -2.33. The Hall–Kier alpha value is -3.56. The Morgan fingerprint density at radius 2 is 1.64 bits per heavy atom. The fourth-order valence-electron chi connectivity index (χ4n) is 5.05. The molecule has 3 aromatic carbocycles. The van der Waals surface area contributed by atoms with Crippen LogP contribution in [0.4, 0.5) is 5.69 Å². The van der Waals surface area contributed by atoms with Crippen LogP contribution >= 0.6 is 11.6 Å². The molecule has 1 fully saturated rings. The van der Waals surface area contributed by atoms with E-state index >= 15 is 0 Å². The van der Waals surface area contributed by atoms with Gasteiger partial charge in [0.1, 0.15) is 18.3 Å². The zero-order valence-corrected chi connectivity index (χ0v) is 25.8. The minimum Gasteiger partial charge on any atom is -0.492 e. The monoisotopic (exact) mass is 611 g/mol. The maximum absolute atomic E-state index is 14.2. The molecule has 1 atom stereocenters. The molecular weight excluding hydrogens is 574 g/mol. The normalized spacial score (nSPS) is 14.3. The topological polar surface area (TPSA) is 96.0 Å². The zero-order chi connectivity index (χ0) is 30.3. The van der Waals surface area contributed by atoms with Gasteiger partial charge in [-0.05, 0) is 75.6 Å². The third-order valence-electron chi connectivity index (χ3n) is 7.46. The Morgan fingerprint density at radius 1 is 1.00 bits per heavy atom. The zero-order valence-electron chi connectivity index (χ0n) is 24.3. The largest absolute Gasteiger partial charge is 0.492 e. The van der Waals surface area contributed by atoms with Crippen LogP contribution < -0.4 is 14.4 Å². The maximum Gasteiger partial charge on any atom is 0.264 e. The van der Waals surface area contributed by atoms with Gasteiger partial charge in [-0.15, -0.1) is 0 Å². The van der Waals surface area contributed by atoms with Crippen LogP contribution in [0.5, 0.6) is 5.75 Å². The average Bonchev–Trinajstić information content (AvgIpc) is 3.49. The highest BCUT2D eigenvalue weighted by Crippen LogP contribution is 2.33. The number of anilines is 1. The van der Waals surface area contributed by atoms with E-state index in [-0.39, 0.29) is 29.1 Å². The van der Waals surface area contributed by atoms with Crippen molar-refractivity contribution in [1.29, 1.82) is 0 Å². The summed E-state index contributed by atoms with van der Waals surface area (Å²) in [7, 11) is -4.20. The summed E-state index contributed by atoms with van der Waals surface area (Å²) in [5.41, 5.74) is 1.90. The first-order valence-corrected chi connectivity index (χ1v) is 16.1. The van der Waals surface area contributed by atoms with Crippen molar-refractivity contribution in [3.8, 4) is 5.75 Å². The summed E-state index contributed by atoms with van der Waals surface area (Å²) in [6, 6.07) is 19.4. The number of amides is 2. The number of benzene rings is 3. The average molecular weight is 612 g/mol. The summed E-state index contributed by atoms with van der Waals surface area (Å²) in [6.45, 7) is 5.22. The number of para-hydroxylation sites is 2. The molecule has 0 aromatic heterocycles. The third kappa shape index (κ3) is 7.63. The molecule has 4 rings (SSSR count). The Kier molecular flexibility index (Phi) is 10.5. The van der Waals surface area contributed by atoms with Gasteiger partial charge in [0.05, 0.1) is 17.2 Å². The molecule has 1 N–H and O–H groups in total. The number of halogens is 1. The molecule has 1 aliphatic carbocycles. The molecule has 0 radical (unpaired) electrons. The van der Waals surface area contributed by atoms with E-state index in [1.165, 1.54) is 17.0 Å². The van der Waals surface area contributed by atoms with Gasteiger partial charge < -0.3 is 15.0 Å². The van der Waals surface area contributed by atoms with Crippen molar-refractivity contribution in [2.24, 2.45) is 0 Å². The third-order valence-corrected chi connectivity index (χ3v) is 9.48. The highest BCUT2D eigenvalue weighted by atomic mass is 35.5. The number of nitrogens with one attached hydrogen (secondary N) is 1. The van der Waals surface area contributed by atoms with Crippen molar-refractivity contribution >= 4 is 39.1 Å². The number of sulfonamides is 1. The SMILES string of the molecule is CCOc1ccccc1N(CC(=O)N(Cc1ccc(Cl)cc1)[C@@H](C)C(=O)NC1CCCC1)S(=O)(=O)c1ccc(C)cc1. The van der Waals surface area contributed by atoms with E-state index in [1.807, 2.05) is 6.92 Å². The molecule has 10 heteroatoms. The number of rotatable bonds is 12. The molecule has 1 saturated carbocycles. The van der Waals surface area contributed by atoms with Crippen LogP contribution in [0.15, 0.2) is 77.7 Å². The lowest BCUT2D eigenvalue weighted by atomic mass is 10.1. The first-order chi connectivity index (χ1) is 20.1. The molecule has 0 unspecified atom stereocenters. The number of carbonyl (C=O) groups is 2. The number of ether oxygens (including phenoxy) is 1. The second-order valence-corrected chi connectivity index (χ2v) is 12.8. The summed E-state index contributed by atoms with van der Waals surface area (Å²) < 4.78 is 35.0. The molecule has 2 amide bonds. The molecule has 42 heavy (non-hydrogen) atoms. The van der Waals surface area contributed by atoms with Crippen LogP contribution in [-0.4, -0.2) is 50.4 Å². The molecule has 0 bridgehead atoms. The van der Waals surface area contributed by atoms with E-state index in [9.17, 15) is 18.0 Å². The van der Waals surface area contributed by atoms with Gasteiger partial charge in [-0.2, -0.15) is 0 Å². The van der Waals surface area contributed by atoms with Gasteiger partial charge in [-0.1, -0.05) is 66.4 Å². The van der Waals surface area contributed by atoms with Crippen molar-refractivity contribution in [2.75, 3.05) is 17.5 Å². The fourth-order valence-corrected chi connectivity index (χ4v) is 6.60. The van der Waals surface area contributed by atoms with Crippen molar-refractivity contribution in [1.82, 2.24) is 10.2 Å². The predicted octanol–water partition coefficient (Wildman–Crippen LogP) is 5.72. The van der Waals surface area contributed by atoms with Gasteiger partial charge in [-0.25, -0.2) is 8.42 Å². The highest BCUT2D eigenvalue weighted by molar-refractivity contribution is 7.92. The second kappa shape index (κ2) is 14.1. The van der Waals surface area contributed by atoms with Crippen LogP contribution in [0.2, 0.25) is 5.02 Å². The minimum atomic E-state index is -4.20. The van der Waals surface area contributed by atoms with Crippen LogP contribution in [0, 0.1) is 6.92 Å². The van der Waals surface area contributed by atoms with Crippen LogP contribution in [-0.2, 0) is 26.2 Å². The Morgan fingerprint density at radius 3 is 2.29 bits per heavy atom. The number of aryl methyl sites for hydroxylation is 1. The van der Waals surface area contributed by atoms with Crippen molar-refractivity contribution < 1.29 is 22.7 Å². The van der Waals surface area contributed by atoms with Gasteiger partial charge in [0.2, 0.25) is 11.8 Å². The van der Waals surface area contributed by atoms with E-state index in [1.54, 1.807) is 74.5 Å². The lowest BCUT2D eigenvalue weighted by molar-refractivity contribution is -0.139. The van der Waals surface area contributed by atoms with Crippen LogP contribution in [0.25, 0.3) is 0 Å². The summed E-state index contributed by atoms with van der Waals surface area (Å²) in [4.78, 5) is 29.0. The molecule has 0 heterocycles. The minimum absolute atomic E-state index is 0.0449. The van der Waals surface area contributed by atoms with E-state index < -0.39 is 28.5 Å². The standard InChI is InChI=1S/C32H38ClN3O5S/c1-4-41-30-12-8-7-11-29(30)36(42(39,40)28-19-13-23(2)14-20-28)22-31(37)35(21-25-15-17-26(33)18-16-25)24(3)32(38)34-27-9-5-6-10-27/h7-8,11-20,24,27H,4-6,9-10,21-22H2,1-3H3,(H,34,38)/t24-/m0/s1. The highest BCUT2D eigenvalue weighted by Gasteiger charge is 2.34. The summed E-state index contributed by atoms with van der Waals surface area (Å²) in [6.07, 6.45) is 3.91. The van der Waals surface area contributed by atoms with E-state index in [0.717, 1.165) is 41.1 Å². The second-order valence-electron chi connectivity index (χ2n) is 10.5. The Labute approximate surface area is 253 Å². The molecular formula is C32H38ClN3O5S. The Bertz CT molecular complexity index is 1470. The number of hydrogen-bond acceptors (Lipinski definition) is 5. The summed E-state index contributed by atoms with van der Waals surface area (Å²) >= 11 is 6.08. The van der Waals surface area contributed by atoms with Gasteiger partial charge in [0.25, 0.3) is 10.0 Å². The van der Waals surface area contributed by atoms with E-state index in [4.69, 9.17) is 16.3 Å². The fraction of sp³-hybridized carbons (Fsp3) is 0.375.